The van der Waals surface area contributed by atoms with E-state index in [1.807, 2.05) is 26.0 Å². The number of hydrogen-bond acceptors (Lipinski definition) is 3. The maximum atomic E-state index is 11.3. The molecular formula is C13H14O3. The van der Waals surface area contributed by atoms with E-state index in [4.69, 9.17) is 4.74 Å². The number of phenols is 1. The molecule has 0 fully saturated rings. The Labute approximate surface area is 94.4 Å². The molecule has 2 rings (SSSR count). The Bertz CT molecular complexity index is 484. The Hall–Kier alpha value is -1.77. The van der Waals surface area contributed by atoms with Crippen LogP contribution < -0.4 is 4.74 Å². The Balaban J connectivity index is 2.59. The normalized spacial score (nSPS) is 16.4. The second-order valence-electron chi connectivity index (χ2n) is 4.48. The van der Waals surface area contributed by atoms with E-state index in [2.05, 4.69) is 0 Å². The van der Waals surface area contributed by atoms with Crippen LogP contribution in [0.3, 0.4) is 0 Å². The van der Waals surface area contributed by atoms with Gasteiger partial charge in [-0.1, -0.05) is 12.1 Å². The zero-order chi connectivity index (χ0) is 11.9. The van der Waals surface area contributed by atoms with Crippen molar-refractivity contribution in [2.75, 3.05) is 0 Å². The van der Waals surface area contributed by atoms with Crippen molar-refractivity contribution in [1.82, 2.24) is 0 Å². The number of rotatable bonds is 1. The van der Waals surface area contributed by atoms with Gasteiger partial charge in [-0.05, 0) is 32.9 Å². The molecule has 84 valence electrons. The zero-order valence-electron chi connectivity index (χ0n) is 9.57. The third kappa shape index (κ3) is 1.69. The Kier molecular flexibility index (Phi) is 2.26. The van der Waals surface area contributed by atoms with Gasteiger partial charge in [0.25, 0.3) is 0 Å². The molecule has 0 radical (unpaired) electrons. The number of Topliss-reactive ketones (excluding diaryl/α,β-unsaturated/α-hetero) is 1. The molecular weight excluding hydrogens is 204 g/mol. The average molecular weight is 218 g/mol. The summed E-state index contributed by atoms with van der Waals surface area (Å²) in [6.07, 6.45) is 3.81. The van der Waals surface area contributed by atoms with Crippen molar-refractivity contribution in [3.05, 3.63) is 29.3 Å². The first kappa shape index (κ1) is 10.7. The van der Waals surface area contributed by atoms with Crippen LogP contribution in [0, 0.1) is 0 Å². The molecule has 1 heterocycles. The fourth-order valence-electron chi connectivity index (χ4n) is 1.70. The van der Waals surface area contributed by atoms with Crippen molar-refractivity contribution in [3.63, 3.8) is 0 Å². The summed E-state index contributed by atoms with van der Waals surface area (Å²) in [7, 11) is 0. The van der Waals surface area contributed by atoms with Crippen molar-refractivity contribution in [2.45, 2.75) is 26.4 Å². The van der Waals surface area contributed by atoms with Gasteiger partial charge in [0.05, 0.1) is 5.56 Å². The quantitative estimate of drug-likeness (QED) is 0.737. The van der Waals surface area contributed by atoms with Crippen molar-refractivity contribution >= 4 is 11.9 Å². The first-order valence-electron chi connectivity index (χ1n) is 5.16. The lowest BCUT2D eigenvalue weighted by atomic mass is 9.99. The highest BCUT2D eigenvalue weighted by Gasteiger charge is 2.25. The first-order valence-corrected chi connectivity index (χ1v) is 5.16. The summed E-state index contributed by atoms with van der Waals surface area (Å²) in [5.41, 5.74) is 0.631. The molecule has 0 unspecified atom stereocenters. The number of benzene rings is 1. The number of carbonyl (C=O) groups is 1. The molecule has 0 saturated carbocycles. The van der Waals surface area contributed by atoms with Crippen LogP contribution in [0.15, 0.2) is 18.2 Å². The van der Waals surface area contributed by atoms with E-state index >= 15 is 0 Å². The lowest BCUT2D eigenvalue weighted by Gasteiger charge is -2.28. The summed E-state index contributed by atoms with van der Waals surface area (Å²) in [5, 5.41) is 9.96. The van der Waals surface area contributed by atoms with Crippen LogP contribution in [-0.4, -0.2) is 16.5 Å². The summed E-state index contributed by atoms with van der Waals surface area (Å²) in [4.78, 5) is 11.3. The van der Waals surface area contributed by atoms with Crippen molar-refractivity contribution in [2.24, 2.45) is 0 Å². The summed E-state index contributed by atoms with van der Waals surface area (Å²) in [6, 6.07) is 3.39. The van der Waals surface area contributed by atoms with Crippen molar-refractivity contribution in [3.8, 4) is 11.5 Å². The number of aromatic hydroxyl groups is 1. The van der Waals surface area contributed by atoms with E-state index in [9.17, 15) is 9.90 Å². The maximum absolute atomic E-state index is 11.3. The smallest absolute Gasteiger partial charge is 0.170 e. The molecule has 1 aromatic carbocycles. The largest absolute Gasteiger partial charge is 0.504 e. The second kappa shape index (κ2) is 3.37. The highest BCUT2D eigenvalue weighted by atomic mass is 16.5. The number of hydrogen-bond donors (Lipinski definition) is 1. The van der Waals surface area contributed by atoms with Crippen LogP contribution in [0.25, 0.3) is 6.08 Å². The number of ketones is 1. The van der Waals surface area contributed by atoms with Gasteiger partial charge in [-0.2, -0.15) is 0 Å². The molecule has 3 heteroatoms. The van der Waals surface area contributed by atoms with Gasteiger partial charge < -0.3 is 9.84 Å². The van der Waals surface area contributed by atoms with E-state index in [0.717, 1.165) is 5.56 Å². The second-order valence-corrected chi connectivity index (χ2v) is 4.48. The van der Waals surface area contributed by atoms with Crippen molar-refractivity contribution < 1.29 is 14.6 Å². The van der Waals surface area contributed by atoms with Crippen LogP contribution >= 0.6 is 0 Å². The fourth-order valence-corrected chi connectivity index (χ4v) is 1.70. The minimum Gasteiger partial charge on any atom is -0.504 e. The van der Waals surface area contributed by atoms with Gasteiger partial charge in [0.15, 0.2) is 17.3 Å². The molecule has 0 saturated heterocycles. The molecule has 0 amide bonds. The van der Waals surface area contributed by atoms with E-state index in [1.165, 1.54) is 6.92 Å². The molecule has 3 nitrogen and oxygen atoms in total. The molecule has 1 aliphatic heterocycles. The Morgan fingerprint density at radius 2 is 2.06 bits per heavy atom. The summed E-state index contributed by atoms with van der Waals surface area (Å²) < 4.78 is 5.65. The van der Waals surface area contributed by atoms with Gasteiger partial charge >= 0.3 is 0 Å². The lowest BCUT2D eigenvalue weighted by Crippen LogP contribution is -2.27. The Morgan fingerprint density at radius 3 is 2.69 bits per heavy atom. The molecule has 0 aliphatic carbocycles. The fraction of sp³-hybridized carbons (Fsp3) is 0.308. The predicted molar refractivity (Wildman–Crippen MR) is 61.9 cm³/mol. The van der Waals surface area contributed by atoms with Crippen LogP contribution in [0.2, 0.25) is 0 Å². The summed E-state index contributed by atoms with van der Waals surface area (Å²) in [6.45, 7) is 5.21. The predicted octanol–water partition coefficient (Wildman–Crippen LogP) is 2.78. The molecule has 0 atom stereocenters. The van der Waals surface area contributed by atoms with Crippen LogP contribution in [0.5, 0.6) is 11.5 Å². The van der Waals surface area contributed by atoms with E-state index in [0.29, 0.717) is 11.3 Å². The van der Waals surface area contributed by atoms with Crippen LogP contribution in [-0.2, 0) is 0 Å². The number of ether oxygens (including phenoxy) is 1. The van der Waals surface area contributed by atoms with Gasteiger partial charge in [0.1, 0.15) is 5.60 Å². The monoisotopic (exact) mass is 218 g/mol. The van der Waals surface area contributed by atoms with E-state index in [-0.39, 0.29) is 11.5 Å². The topological polar surface area (TPSA) is 46.5 Å². The summed E-state index contributed by atoms with van der Waals surface area (Å²) >= 11 is 0. The molecule has 0 bridgehead atoms. The summed E-state index contributed by atoms with van der Waals surface area (Å²) in [5.74, 6) is 0.152. The Morgan fingerprint density at radius 1 is 1.38 bits per heavy atom. The van der Waals surface area contributed by atoms with Gasteiger partial charge in [-0.15, -0.1) is 0 Å². The third-order valence-electron chi connectivity index (χ3n) is 2.57. The van der Waals surface area contributed by atoms with Crippen LogP contribution in [0.4, 0.5) is 0 Å². The van der Waals surface area contributed by atoms with Gasteiger partial charge in [-0.3, -0.25) is 4.79 Å². The van der Waals surface area contributed by atoms with Gasteiger partial charge in [-0.25, -0.2) is 0 Å². The minimum absolute atomic E-state index is 0.0672. The zero-order valence-corrected chi connectivity index (χ0v) is 9.57. The third-order valence-corrected chi connectivity index (χ3v) is 2.57. The van der Waals surface area contributed by atoms with E-state index < -0.39 is 5.60 Å². The van der Waals surface area contributed by atoms with Gasteiger partial charge in [0, 0.05) is 5.56 Å². The molecule has 0 spiro atoms. The number of phenolic OH excluding ortho intramolecular Hbond substituents is 1. The maximum Gasteiger partial charge on any atom is 0.170 e. The molecule has 1 N–H and O–H groups in total. The van der Waals surface area contributed by atoms with Gasteiger partial charge in [0.2, 0.25) is 0 Å². The minimum atomic E-state index is -0.458. The first-order chi connectivity index (χ1) is 7.41. The highest BCUT2D eigenvalue weighted by Crippen LogP contribution is 2.40. The molecule has 0 aromatic heterocycles. The number of fused-ring (bicyclic) bond motifs is 1. The molecule has 1 aromatic rings. The standard InChI is InChI=1S/C13H14O3/c1-8(14)10-5-4-9-6-7-13(2,3)16-12(9)11(10)15/h4-7,15H,1-3H3. The van der Waals surface area contributed by atoms with Crippen LogP contribution in [0.1, 0.15) is 36.7 Å². The average Bonchev–Trinajstić information content (AvgIpc) is 2.18. The van der Waals surface area contributed by atoms with Crippen molar-refractivity contribution in [1.29, 1.82) is 0 Å². The lowest BCUT2D eigenvalue weighted by molar-refractivity contribution is 0.101. The molecule has 16 heavy (non-hydrogen) atoms. The molecule has 1 aliphatic rings. The van der Waals surface area contributed by atoms with E-state index in [1.54, 1.807) is 12.1 Å². The SMILES string of the molecule is CC(=O)c1ccc2c(c1O)OC(C)(C)C=C2. The highest BCUT2D eigenvalue weighted by molar-refractivity contribution is 5.98. The number of carbonyl (C=O) groups excluding carboxylic acids is 1.